The van der Waals surface area contributed by atoms with Crippen LogP contribution >= 0.6 is 0 Å². The predicted molar refractivity (Wildman–Crippen MR) is 115 cm³/mol. The number of fused-ring (bicyclic) bond motifs is 1. The van der Waals surface area contributed by atoms with Gasteiger partial charge in [0.15, 0.2) is 23.5 Å². The summed E-state index contributed by atoms with van der Waals surface area (Å²) in [7, 11) is 0. The lowest BCUT2D eigenvalue weighted by Crippen LogP contribution is -2.29. The molecule has 0 atom stereocenters. The van der Waals surface area contributed by atoms with Gasteiger partial charge in [-0.15, -0.1) is 0 Å². The van der Waals surface area contributed by atoms with E-state index in [1.54, 1.807) is 0 Å². The van der Waals surface area contributed by atoms with Gasteiger partial charge in [0.1, 0.15) is 0 Å². The smallest absolute Gasteiger partial charge is 0.273 e. The van der Waals surface area contributed by atoms with Gasteiger partial charge in [0, 0.05) is 35.8 Å². The Labute approximate surface area is 185 Å². The van der Waals surface area contributed by atoms with Gasteiger partial charge < -0.3 is 19.8 Å². The Kier molecular flexibility index (Phi) is 5.48. The highest BCUT2D eigenvalue weighted by Crippen LogP contribution is 2.25. The largest absolute Gasteiger partial charge is 0.443 e. The normalized spacial score (nSPS) is 15.3. The second-order valence-corrected chi connectivity index (χ2v) is 8.20. The molecule has 0 spiro atoms. The van der Waals surface area contributed by atoms with E-state index in [9.17, 15) is 9.59 Å². The lowest BCUT2D eigenvalue weighted by molar-refractivity contribution is 0.0921. The Morgan fingerprint density at radius 2 is 2.09 bits per heavy atom. The zero-order valence-corrected chi connectivity index (χ0v) is 17.9. The number of benzene rings is 1. The van der Waals surface area contributed by atoms with Crippen LogP contribution in [0.25, 0.3) is 11.3 Å². The monoisotopic (exact) mass is 435 g/mol. The number of nitrogens with one attached hydrogen (secondary N) is 2. The summed E-state index contributed by atoms with van der Waals surface area (Å²) in [5.41, 5.74) is 4.39. The molecule has 1 fully saturated rings. The van der Waals surface area contributed by atoms with Crippen LogP contribution in [-0.2, 0) is 24.3 Å². The average Bonchev–Trinajstić information content (AvgIpc) is 3.33. The fourth-order valence-electron chi connectivity index (χ4n) is 3.92. The molecule has 0 saturated heterocycles. The van der Waals surface area contributed by atoms with Crippen LogP contribution in [0.5, 0.6) is 0 Å². The first-order valence-electron chi connectivity index (χ1n) is 10.9. The van der Waals surface area contributed by atoms with E-state index in [0.717, 1.165) is 35.2 Å². The van der Waals surface area contributed by atoms with E-state index in [-0.39, 0.29) is 23.6 Å². The molecule has 1 aliphatic carbocycles. The molecule has 5 rings (SSSR count). The van der Waals surface area contributed by atoms with Crippen LogP contribution in [0, 0.1) is 6.92 Å². The zero-order valence-electron chi connectivity index (χ0n) is 17.9. The summed E-state index contributed by atoms with van der Waals surface area (Å²) in [5, 5.41) is 10.4. The molecular formula is C23H25N5O4. The maximum Gasteiger partial charge on any atom is 0.273 e. The second-order valence-electron chi connectivity index (χ2n) is 8.20. The summed E-state index contributed by atoms with van der Waals surface area (Å²) in [6.45, 7) is 3.75. The van der Waals surface area contributed by atoms with Crippen molar-refractivity contribution in [1.82, 2.24) is 25.4 Å². The van der Waals surface area contributed by atoms with Crippen molar-refractivity contribution in [3.05, 3.63) is 58.9 Å². The van der Waals surface area contributed by atoms with Gasteiger partial charge in [-0.3, -0.25) is 14.3 Å². The van der Waals surface area contributed by atoms with Crippen LogP contribution < -0.4 is 10.6 Å². The zero-order chi connectivity index (χ0) is 22.1. The summed E-state index contributed by atoms with van der Waals surface area (Å²) in [4.78, 5) is 29.4. The first-order valence-corrected chi connectivity index (χ1v) is 10.9. The molecular weight excluding hydrogens is 410 g/mol. The summed E-state index contributed by atoms with van der Waals surface area (Å²) in [6.07, 6.45) is 4.00. The number of ether oxygens (including phenoxy) is 1. The van der Waals surface area contributed by atoms with E-state index in [0.29, 0.717) is 44.2 Å². The first kappa shape index (κ1) is 20.4. The van der Waals surface area contributed by atoms with Crippen LogP contribution in [0.15, 0.2) is 35.1 Å². The minimum atomic E-state index is -0.314. The van der Waals surface area contributed by atoms with E-state index in [1.807, 2.05) is 35.9 Å². The van der Waals surface area contributed by atoms with Crippen molar-refractivity contribution in [2.75, 3.05) is 13.2 Å². The fraction of sp³-hybridized carbons (Fsp3) is 0.391. The highest BCUT2D eigenvalue weighted by Gasteiger charge is 2.29. The van der Waals surface area contributed by atoms with Gasteiger partial charge in [0.25, 0.3) is 11.8 Å². The summed E-state index contributed by atoms with van der Waals surface area (Å²) >= 11 is 0. The molecule has 1 saturated carbocycles. The number of aryl methyl sites for hydroxylation is 1. The molecule has 2 aliphatic rings. The van der Waals surface area contributed by atoms with Crippen LogP contribution in [0.1, 0.15) is 50.6 Å². The topological polar surface area (TPSA) is 111 Å². The van der Waals surface area contributed by atoms with Crippen molar-refractivity contribution < 1.29 is 18.7 Å². The van der Waals surface area contributed by atoms with E-state index in [2.05, 4.69) is 20.7 Å². The van der Waals surface area contributed by atoms with Gasteiger partial charge in [-0.2, -0.15) is 5.10 Å². The average molecular weight is 435 g/mol. The first-order chi connectivity index (χ1) is 15.6. The number of carbonyl (C=O) groups is 2. The molecule has 9 heteroatoms. The molecule has 2 aromatic heterocycles. The van der Waals surface area contributed by atoms with Crippen LogP contribution in [0.3, 0.4) is 0 Å². The highest BCUT2D eigenvalue weighted by atomic mass is 16.5. The number of nitrogens with zero attached hydrogens (tertiary/aromatic N) is 3. The number of rotatable bonds is 7. The van der Waals surface area contributed by atoms with E-state index in [4.69, 9.17) is 9.15 Å². The lowest BCUT2D eigenvalue weighted by Gasteiger charge is -2.15. The molecule has 0 radical (unpaired) electrons. The number of aromatic nitrogens is 3. The van der Waals surface area contributed by atoms with Gasteiger partial charge in [-0.05, 0) is 25.8 Å². The Morgan fingerprint density at radius 3 is 2.91 bits per heavy atom. The highest BCUT2D eigenvalue weighted by molar-refractivity contribution is 5.97. The Hall–Kier alpha value is -3.46. The number of oxazole rings is 1. The van der Waals surface area contributed by atoms with Gasteiger partial charge >= 0.3 is 0 Å². The predicted octanol–water partition coefficient (Wildman–Crippen LogP) is 2.24. The molecule has 1 aliphatic heterocycles. The van der Waals surface area contributed by atoms with Gasteiger partial charge in [0.2, 0.25) is 0 Å². The second kappa shape index (κ2) is 8.58. The summed E-state index contributed by atoms with van der Waals surface area (Å²) in [6, 6.07) is 7.99. The molecule has 2 N–H and O–H groups in total. The molecule has 3 heterocycles. The lowest BCUT2D eigenvalue weighted by atomic mass is 10.1. The maximum absolute atomic E-state index is 12.8. The molecule has 3 aromatic rings. The van der Waals surface area contributed by atoms with Crippen molar-refractivity contribution in [3.8, 4) is 11.3 Å². The van der Waals surface area contributed by atoms with Crippen molar-refractivity contribution in [1.29, 1.82) is 0 Å². The van der Waals surface area contributed by atoms with Crippen molar-refractivity contribution >= 4 is 11.8 Å². The van der Waals surface area contributed by atoms with Crippen molar-refractivity contribution in [3.63, 3.8) is 0 Å². The van der Waals surface area contributed by atoms with Gasteiger partial charge in [-0.25, -0.2) is 4.98 Å². The minimum absolute atomic E-state index is 0.151. The number of hydrogen-bond donors (Lipinski definition) is 2. The Bertz CT molecular complexity index is 1160. The summed E-state index contributed by atoms with van der Waals surface area (Å²) in [5.74, 6) is -0.0207. The standard InChI is InChI=1S/C23H25N5O4/c1-14-3-2-4-15(11-14)21-20(25-13-32-21)22(29)24-8-9-28-18-7-10-31-12-17(18)19(27-28)23(30)26-16-5-6-16/h2-4,11,13,16H,5-10,12H2,1H3,(H,24,29)(H,26,30). The number of hydrogen-bond acceptors (Lipinski definition) is 6. The maximum atomic E-state index is 12.8. The van der Waals surface area contributed by atoms with Gasteiger partial charge in [-0.1, -0.05) is 23.8 Å². The Morgan fingerprint density at radius 1 is 1.22 bits per heavy atom. The molecule has 1 aromatic carbocycles. The quantitative estimate of drug-likeness (QED) is 0.589. The van der Waals surface area contributed by atoms with E-state index >= 15 is 0 Å². The van der Waals surface area contributed by atoms with Crippen molar-refractivity contribution in [2.45, 2.75) is 45.4 Å². The molecule has 32 heavy (non-hydrogen) atoms. The third-order valence-corrected chi connectivity index (χ3v) is 5.70. The van der Waals surface area contributed by atoms with Crippen LogP contribution in [0.4, 0.5) is 0 Å². The van der Waals surface area contributed by atoms with E-state index in [1.165, 1.54) is 6.39 Å². The molecule has 166 valence electrons. The van der Waals surface area contributed by atoms with E-state index < -0.39 is 0 Å². The SMILES string of the molecule is Cc1cccc(-c2ocnc2C(=O)NCCn2nc(C(=O)NC3CC3)c3c2CCOC3)c1. The molecule has 0 bridgehead atoms. The molecule has 0 unspecified atom stereocenters. The Balaban J connectivity index is 1.27. The number of amides is 2. The van der Waals surface area contributed by atoms with Crippen LogP contribution in [-0.4, -0.2) is 45.8 Å². The van der Waals surface area contributed by atoms with Gasteiger partial charge in [0.05, 0.1) is 19.8 Å². The number of carbonyl (C=O) groups excluding carboxylic acids is 2. The van der Waals surface area contributed by atoms with Crippen molar-refractivity contribution in [2.24, 2.45) is 0 Å². The third-order valence-electron chi connectivity index (χ3n) is 5.70. The fourth-order valence-corrected chi connectivity index (χ4v) is 3.92. The minimum Gasteiger partial charge on any atom is -0.443 e. The molecule has 2 amide bonds. The van der Waals surface area contributed by atoms with Crippen LogP contribution in [0.2, 0.25) is 0 Å². The molecule has 9 nitrogen and oxygen atoms in total. The summed E-state index contributed by atoms with van der Waals surface area (Å²) < 4.78 is 12.8. The third kappa shape index (κ3) is 4.16.